The van der Waals surface area contributed by atoms with Gasteiger partial charge >= 0.3 is 0 Å². The molecule has 1 rings (SSSR count). The molecule has 2 N–H and O–H groups in total. The Morgan fingerprint density at radius 3 is 2.76 bits per heavy atom. The third-order valence-corrected chi connectivity index (χ3v) is 2.23. The first-order valence-electron chi connectivity index (χ1n) is 5.74. The maximum Gasteiger partial charge on any atom is 0.142 e. The number of hydrogen-bond acceptors (Lipinski definition) is 2. The fraction of sp³-hybridized carbons (Fsp3) is 0.429. The van der Waals surface area contributed by atoms with Crippen LogP contribution in [-0.2, 0) is 0 Å². The zero-order chi connectivity index (χ0) is 12.7. The van der Waals surface area contributed by atoms with Crippen LogP contribution in [0, 0.1) is 23.6 Å². The molecule has 0 heterocycles. The minimum absolute atomic E-state index is 0.228. The van der Waals surface area contributed by atoms with Crippen LogP contribution >= 0.6 is 0 Å². The predicted octanol–water partition coefficient (Wildman–Crippen LogP) is 2.56. The summed E-state index contributed by atoms with van der Waals surface area (Å²) >= 11 is 0. The average Bonchev–Trinajstić information content (AvgIpc) is 2.27. The predicted molar refractivity (Wildman–Crippen MR) is 67.3 cm³/mol. The topological polar surface area (TPSA) is 35.2 Å². The minimum atomic E-state index is -0.368. The fourth-order valence-corrected chi connectivity index (χ4v) is 1.25. The SMILES string of the molecule is CC(C)CCOc1ccc(C#CCN)c(F)c1. The van der Waals surface area contributed by atoms with Crippen molar-refractivity contribution in [3.63, 3.8) is 0 Å². The van der Waals surface area contributed by atoms with Gasteiger partial charge in [-0.2, -0.15) is 0 Å². The van der Waals surface area contributed by atoms with Crippen molar-refractivity contribution in [1.29, 1.82) is 0 Å². The summed E-state index contributed by atoms with van der Waals surface area (Å²) in [6.45, 7) is 5.07. The average molecular weight is 235 g/mol. The number of hydrogen-bond donors (Lipinski definition) is 1. The Morgan fingerprint density at radius 2 is 2.18 bits per heavy atom. The molecule has 2 nitrogen and oxygen atoms in total. The van der Waals surface area contributed by atoms with E-state index < -0.39 is 0 Å². The molecule has 0 atom stereocenters. The van der Waals surface area contributed by atoms with Gasteiger partial charge in [-0.1, -0.05) is 25.7 Å². The maximum atomic E-state index is 13.5. The standard InChI is InChI=1S/C14H18FNO/c1-11(2)7-9-17-13-6-5-12(4-3-8-16)14(15)10-13/h5-6,10-11H,7-9,16H2,1-2H3. The molecule has 0 spiro atoms. The molecule has 0 fully saturated rings. The van der Waals surface area contributed by atoms with Crippen molar-refractivity contribution in [2.75, 3.05) is 13.2 Å². The lowest BCUT2D eigenvalue weighted by Crippen LogP contribution is -2.01. The number of halogens is 1. The lowest BCUT2D eigenvalue weighted by molar-refractivity contribution is 0.288. The highest BCUT2D eigenvalue weighted by Gasteiger charge is 2.02. The maximum absolute atomic E-state index is 13.5. The molecule has 92 valence electrons. The summed E-state index contributed by atoms with van der Waals surface area (Å²) in [6.07, 6.45) is 0.955. The van der Waals surface area contributed by atoms with Gasteiger partial charge < -0.3 is 10.5 Å². The van der Waals surface area contributed by atoms with E-state index in [4.69, 9.17) is 10.5 Å². The Hall–Kier alpha value is -1.53. The van der Waals surface area contributed by atoms with Gasteiger partial charge in [-0.15, -0.1) is 0 Å². The van der Waals surface area contributed by atoms with E-state index in [1.165, 1.54) is 6.07 Å². The summed E-state index contributed by atoms with van der Waals surface area (Å²) in [5, 5.41) is 0. The molecule has 0 aromatic heterocycles. The second-order valence-corrected chi connectivity index (χ2v) is 4.18. The smallest absolute Gasteiger partial charge is 0.142 e. The first-order valence-corrected chi connectivity index (χ1v) is 5.74. The van der Waals surface area contributed by atoms with Crippen molar-refractivity contribution >= 4 is 0 Å². The lowest BCUT2D eigenvalue weighted by Gasteiger charge is -2.08. The van der Waals surface area contributed by atoms with Gasteiger partial charge in [0.25, 0.3) is 0 Å². The first kappa shape index (κ1) is 13.5. The molecule has 0 amide bonds. The van der Waals surface area contributed by atoms with Crippen LogP contribution in [0.15, 0.2) is 18.2 Å². The Balaban J connectivity index is 2.62. The van der Waals surface area contributed by atoms with Crippen molar-refractivity contribution in [3.8, 4) is 17.6 Å². The second kappa shape index (κ2) is 6.93. The van der Waals surface area contributed by atoms with E-state index in [0.29, 0.717) is 23.8 Å². The Labute approximate surface area is 102 Å². The molecular formula is C14H18FNO. The van der Waals surface area contributed by atoms with Crippen LogP contribution in [0.1, 0.15) is 25.8 Å². The second-order valence-electron chi connectivity index (χ2n) is 4.18. The quantitative estimate of drug-likeness (QED) is 0.814. The van der Waals surface area contributed by atoms with Crippen LogP contribution in [0.4, 0.5) is 4.39 Å². The monoisotopic (exact) mass is 235 g/mol. The summed E-state index contributed by atoms with van der Waals surface area (Å²) in [5.41, 5.74) is 5.58. The zero-order valence-electron chi connectivity index (χ0n) is 10.3. The summed E-state index contributed by atoms with van der Waals surface area (Å²) in [5.74, 6) is 6.04. The van der Waals surface area contributed by atoms with Gasteiger partial charge in [0.05, 0.1) is 18.7 Å². The molecule has 0 unspecified atom stereocenters. The summed E-state index contributed by atoms with van der Waals surface area (Å²) in [6, 6.07) is 4.70. The first-order chi connectivity index (χ1) is 8.13. The Kier molecular flexibility index (Phi) is 5.51. The van der Waals surface area contributed by atoms with Crippen LogP contribution in [-0.4, -0.2) is 13.2 Å². The molecule has 0 aliphatic heterocycles. The van der Waals surface area contributed by atoms with Crippen molar-refractivity contribution in [1.82, 2.24) is 0 Å². The van der Waals surface area contributed by atoms with E-state index in [9.17, 15) is 4.39 Å². The van der Waals surface area contributed by atoms with E-state index in [1.807, 2.05) is 0 Å². The molecule has 3 heteroatoms. The highest BCUT2D eigenvalue weighted by Crippen LogP contribution is 2.16. The number of ether oxygens (including phenoxy) is 1. The van der Waals surface area contributed by atoms with Crippen molar-refractivity contribution in [2.24, 2.45) is 11.7 Å². The van der Waals surface area contributed by atoms with Crippen molar-refractivity contribution in [2.45, 2.75) is 20.3 Å². The zero-order valence-corrected chi connectivity index (χ0v) is 10.3. The van der Waals surface area contributed by atoms with Crippen molar-refractivity contribution in [3.05, 3.63) is 29.6 Å². The van der Waals surface area contributed by atoms with Gasteiger partial charge in [-0.05, 0) is 24.5 Å². The van der Waals surface area contributed by atoms with Gasteiger partial charge in [0, 0.05) is 6.07 Å². The number of benzene rings is 1. The fourth-order valence-electron chi connectivity index (χ4n) is 1.25. The molecule has 0 saturated heterocycles. The number of rotatable bonds is 4. The van der Waals surface area contributed by atoms with Gasteiger partial charge in [0.1, 0.15) is 11.6 Å². The van der Waals surface area contributed by atoms with E-state index in [1.54, 1.807) is 12.1 Å². The van der Waals surface area contributed by atoms with Gasteiger partial charge in [-0.3, -0.25) is 0 Å². The highest BCUT2D eigenvalue weighted by molar-refractivity contribution is 5.39. The summed E-state index contributed by atoms with van der Waals surface area (Å²) < 4.78 is 19.0. The van der Waals surface area contributed by atoms with Crippen LogP contribution in [0.3, 0.4) is 0 Å². The Bertz CT molecular complexity index is 418. The van der Waals surface area contributed by atoms with E-state index in [2.05, 4.69) is 25.7 Å². The minimum Gasteiger partial charge on any atom is -0.493 e. The van der Waals surface area contributed by atoms with E-state index >= 15 is 0 Å². The molecule has 0 aliphatic rings. The molecule has 1 aromatic rings. The van der Waals surface area contributed by atoms with Gasteiger partial charge in [0.2, 0.25) is 0 Å². The van der Waals surface area contributed by atoms with Crippen molar-refractivity contribution < 1.29 is 9.13 Å². The normalized spacial score (nSPS) is 9.94. The molecule has 0 radical (unpaired) electrons. The highest BCUT2D eigenvalue weighted by atomic mass is 19.1. The Morgan fingerprint density at radius 1 is 1.41 bits per heavy atom. The van der Waals surface area contributed by atoms with E-state index in [0.717, 1.165) is 6.42 Å². The lowest BCUT2D eigenvalue weighted by atomic mass is 10.1. The molecule has 17 heavy (non-hydrogen) atoms. The van der Waals surface area contributed by atoms with Crippen LogP contribution in [0.25, 0.3) is 0 Å². The number of nitrogens with two attached hydrogens (primary N) is 1. The van der Waals surface area contributed by atoms with Crippen LogP contribution < -0.4 is 10.5 Å². The molecule has 0 aliphatic carbocycles. The summed E-state index contributed by atoms with van der Waals surface area (Å²) in [7, 11) is 0. The van der Waals surface area contributed by atoms with E-state index in [-0.39, 0.29) is 12.4 Å². The molecule has 1 aromatic carbocycles. The van der Waals surface area contributed by atoms with Crippen LogP contribution in [0.2, 0.25) is 0 Å². The van der Waals surface area contributed by atoms with Gasteiger partial charge in [-0.25, -0.2) is 4.39 Å². The van der Waals surface area contributed by atoms with Crippen LogP contribution in [0.5, 0.6) is 5.75 Å². The summed E-state index contributed by atoms with van der Waals surface area (Å²) in [4.78, 5) is 0. The molecule has 0 bridgehead atoms. The third kappa shape index (κ3) is 4.88. The molecule has 0 saturated carbocycles. The third-order valence-electron chi connectivity index (χ3n) is 2.23. The molecular weight excluding hydrogens is 217 g/mol. The largest absolute Gasteiger partial charge is 0.493 e. The van der Waals surface area contributed by atoms with Gasteiger partial charge in [0.15, 0.2) is 0 Å².